The molecule has 11 heavy (non-hydrogen) atoms. The Morgan fingerprint density at radius 1 is 1.55 bits per heavy atom. The molecule has 1 aliphatic carbocycles. The standard InChI is InChI=1S/C10H17N/c1-3-4-8-11-9-10(2)6-5-7-10/h1,11H,4-9H2,2H3. The normalized spacial score (nSPS) is 20.4. The lowest BCUT2D eigenvalue weighted by molar-refractivity contribution is 0.157. The maximum absolute atomic E-state index is 5.13. The van der Waals surface area contributed by atoms with Gasteiger partial charge in [-0.3, -0.25) is 0 Å². The second-order valence-corrected chi connectivity index (χ2v) is 3.80. The highest BCUT2D eigenvalue weighted by atomic mass is 14.9. The van der Waals surface area contributed by atoms with Crippen molar-refractivity contribution in [1.82, 2.24) is 5.32 Å². The summed E-state index contributed by atoms with van der Waals surface area (Å²) in [7, 11) is 0. The minimum absolute atomic E-state index is 0.592. The molecule has 0 bridgehead atoms. The van der Waals surface area contributed by atoms with Crippen molar-refractivity contribution in [3.63, 3.8) is 0 Å². The molecule has 0 spiro atoms. The van der Waals surface area contributed by atoms with E-state index in [9.17, 15) is 0 Å². The molecule has 0 heterocycles. The van der Waals surface area contributed by atoms with Crippen LogP contribution in [0.25, 0.3) is 0 Å². The summed E-state index contributed by atoms with van der Waals surface area (Å²) >= 11 is 0. The average molecular weight is 151 g/mol. The Balaban J connectivity index is 1.99. The van der Waals surface area contributed by atoms with E-state index in [4.69, 9.17) is 6.42 Å². The Labute approximate surface area is 69.6 Å². The molecular formula is C10H17N. The lowest BCUT2D eigenvalue weighted by atomic mass is 9.70. The zero-order valence-electron chi connectivity index (χ0n) is 7.32. The van der Waals surface area contributed by atoms with Crippen LogP contribution in [0.4, 0.5) is 0 Å². The van der Waals surface area contributed by atoms with Gasteiger partial charge in [0.25, 0.3) is 0 Å². The summed E-state index contributed by atoms with van der Waals surface area (Å²) < 4.78 is 0. The smallest absolute Gasteiger partial charge is 0.0211 e. The van der Waals surface area contributed by atoms with Gasteiger partial charge in [0.15, 0.2) is 0 Å². The van der Waals surface area contributed by atoms with Crippen molar-refractivity contribution >= 4 is 0 Å². The average Bonchev–Trinajstić information content (AvgIpc) is 1.95. The fourth-order valence-electron chi connectivity index (χ4n) is 1.51. The molecule has 0 unspecified atom stereocenters. The highest BCUT2D eigenvalue weighted by Gasteiger charge is 2.30. The second-order valence-electron chi connectivity index (χ2n) is 3.80. The van der Waals surface area contributed by atoms with E-state index in [1.165, 1.54) is 19.3 Å². The topological polar surface area (TPSA) is 12.0 Å². The largest absolute Gasteiger partial charge is 0.315 e. The SMILES string of the molecule is C#CCCNCC1(C)CCC1. The molecule has 0 amide bonds. The third-order valence-corrected chi connectivity index (χ3v) is 2.56. The lowest BCUT2D eigenvalue weighted by Gasteiger charge is -2.38. The molecule has 0 aromatic rings. The van der Waals surface area contributed by atoms with Gasteiger partial charge in [-0.1, -0.05) is 13.3 Å². The van der Waals surface area contributed by atoms with Gasteiger partial charge < -0.3 is 5.32 Å². The molecule has 0 radical (unpaired) electrons. The molecule has 1 heteroatoms. The summed E-state index contributed by atoms with van der Waals surface area (Å²) in [4.78, 5) is 0. The fourth-order valence-corrected chi connectivity index (χ4v) is 1.51. The van der Waals surface area contributed by atoms with E-state index in [0.29, 0.717) is 5.41 Å². The molecule has 1 saturated carbocycles. The van der Waals surface area contributed by atoms with Gasteiger partial charge in [0.05, 0.1) is 0 Å². The Hall–Kier alpha value is -0.480. The zero-order valence-corrected chi connectivity index (χ0v) is 7.32. The third kappa shape index (κ3) is 2.55. The minimum atomic E-state index is 0.592. The van der Waals surface area contributed by atoms with Gasteiger partial charge >= 0.3 is 0 Å². The first-order chi connectivity index (χ1) is 5.27. The molecule has 0 aromatic carbocycles. The van der Waals surface area contributed by atoms with Crippen molar-refractivity contribution in [3.8, 4) is 12.3 Å². The van der Waals surface area contributed by atoms with E-state index in [1.807, 2.05) is 0 Å². The van der Waals surface area contributed by atoms with E-state index >= 15 is 0 Å². The Morgan fingerprint density at radius 3 is 2.73 bits per heavy atom. The van der Waals surface area contributed by atoms with Gasteiger partial charge in [-0.2, -0.15) is 0 Å². The van der Waals surface area contributed by atoms with Gasteiger partial charge in [-0.25, -0.2) is 0 Å². The fraction of sp³-hybridized carbons (Fsp3) is 0.800. The lowest BCUT2D eigenvalue weighted by Crippen LogP contribution is -2.37. The molecule has 0 atom stereocenters. The number of hydrogen-bond donors (Lipinski definition) is 1. The van der Waals surface area contributed by atoms with Crippen LogP contribution in [0.5, 0.6) is 0 Å². The molecular weight excluding hydrogens is 134 g/mol. The van der Waals surface area contributed by atoms with Crippen LogP contribution in [0, 0.1) is 17.8 Å². The van der Waals surface area contributed by atoms with Crippen LogP contribution in [0.1, 0.15) is 32.6 Å². The van der Waals surface area contributed by atoms with E-state index in [1.54, 1.807) is 0 Å². The van der Waals surface area contributed by atoms with Gasteiger partial charge in [0.2, 0.25) is 0 Å². The van der Waals surface area contributed by atoms with Gasteiger partial charge in [0, 0.05) is 19.5 Å². The predicted octanol–water partition coefficient (Wildman–Crippen LogP) is 1.79. The molecule has 1 fully saturated rings. The van der Waals surface area contributed by atoms with Crippen molar-refractivity contribution in [3.05, 3.63) is 0 Å². The number of terminal acetylenes is 1. The predicted molar refractivity (Wildman–Crippen MR) is 48.3 cm³/mol. The van der Waals surface area contributed by atoms with Crippen LogP contribution in [-0.4, -0.2) is 13.1 Å². The Bertz CT molecular complexity index is 151. The molecule has 62 valence electrons. The van der Waals surface area contributed by atoms with Crippen LogP contribution < -0.4 is 5.32 Å². The van der Waals surface area contributed by atoms with Gasteiger partial charge in [-0.15, -0.1) is 12.3 Å². The van der Waals surface area contributed by atoms with Crippen molar-refractivity contribution < 1.29 is 0 Å². The van der Waals surface area contributed by atoms with Crippen molar-refractivity contribution in [2.24, 2.45) is 5.41 Å². The van der Waals surface area contributed by atoms with Crippen LogP contribution in [0.2, 0.25) is 0 Å². The molecule has 0 saturated heterocycles. The van der Waals surface area contributed by atoms with Crippen LogP contribution in [0.3, 0.4) is 0 Å². The van der Waals surface area contributed by atoms with E-state index in [2.05, 4.69) is 18.2 Å². The number of hydrogen-bond acceptors (Lipinski definition) is 1. The Morgan fingerprint density at radius 2 is 2.27 bits per heavy atom. The second kappa shape index (κ2) is 3.78. The highest BCUT2D eigenvalue weighted by molar-refractivity contribution is 4.87. The first-order valence-corrected chi connectivity index (χ1v) is 4.41. The third-order valence-electron chi connectivity index (χ3n) is 2.56. The van der Waals surface area contributed by atoms with Crippen LogP contribution in [0.15, 0.2) is 0 Å². The van der Waals surface area contributed by atoms with E-state index in [0.717, 1.165) is 19.5 Å². The zero-order chi connectivity index (χ0) is 8.16. The molecule has 1 N–H and O–H groups in total. The van der Waals surface area contributed by atoms with Crippen molar-refractivity contribution in [2.75, 3.05) is 13.1 Å². The number of nitrogens with one attached hydrogen (secondary N) is 1. The Kier molecular flexibility index (Phi) is 2.96. The molecule has 1 nitrogen and oxygen atoms in total. The van der Waals surface area contributed by atoms with Crippen LogP contribution >= 0.6 is 0 Å². The first-order valence-electron chi connectivity index (χ1n) is 4.41. The summed E-state index contributed by atoms with van der Waals surface area (Å²) in [6.07, 6.45) is 10.2. The quantitative estimate of drug-likeness (QED) is 0.477. The first kappa shape index (κ1) is 8.62. The summed E-state index contributed by atoms with van der Waals surface area (Å²) in [5, 5.41) is 3.39. The van der Waals surface area contributed by atoms with Gasteiger partial charge in [-0.05, 0) is 18.3 Å². The summed E-state index contributed by atoms with van der Waals surface area (Å²) in [6, 6.07) is 0. The van der Waals surface area contributed by atoms with E-state index < -0.39 is 0 Å². The number of rotatable bonds is 4. The summed E-state index contributed by atoms with van der Waals surface area (Å²) in [5.41, 5.74) is 0.592. The molecule has 1 aliphatic rings. The van der Waals surface area contributed by atoms with E-state index in [-0.39, 0.29) is 0 Å². The molecule has 0 aliphatic heterocycles. The molecule has 0 aromatic heterocycles. The summed E-state index contributed by atoms with van der Waals surface area (Å²) in [6.45, 7) is 4.47. The monoisotopic (exact) mass is 151 g/mol. The summed E-state index contributed by atoms with van der Waals surface area (Å²) in [5.74, 6) is 2.63. The van der Waals surface area contributed by atoms with Crippen LogP contribution in [-0.2, 0) is 0 Å². The van der Waals surface area contributed by atoms with Crippen molar-refractivity contribution in [1.29, 1.82) is 0 Å². The van der Waals surface area contributed by atoms with Gasteiger partial charge in [0.1, 0.15) is 0 Å². The molecule has 1 rings (SSSR count). The minimum Gasteiger partial charge on any atom is -0.315 e. The highest BCUT2D eigenvalue weighted by Crippen LogP contribution is 2.39. The van der Waals surface area contributed by atoms with Crippen molar-refractivity contribution in [2.45, 2.75) is 32.6 Å². The maximum Gasteiger partial charge on any atom is 0.0211 e. The maximum atomic E-state index is 5.13.